The van der Waals surface area contributed by atoms with E-state index in [-0.39, 0.29) is 22.9 Å². The minimum absolute atomic E-state index is 0.0257. The number of nitrogens with one attached hydrogen (secondary N) is 1. The zero-order valence-electron chi connectivity index (χ0n) is 20.2. The van der Waals surface area contributed by atoms with Gasteiger partial charge in [-0.25, -0.2) is 10.2 Å². The number of rotatable bonds is 12. The Hall–Kier alpha value is -4.93. The molecule has 0 atom stereocenters. The number of carbonyl (C=O) groups is 2. The average molecular weight is 507 g/mol. The van der Waals surface area contributed by atoms with Crippen molar-refractivity contribution < 1.29 is 33.5 Å². The third-order valence-electron chi connectivity index (χ3n) is 4.78. The second kappa shape index (κ2) is 13.2. The highest BCUT2D eigenvalue weighted by Gasteiger charge is 2.15. The van der Waals surface area contributed by atoms with Gasteiger partial charge in [-0.15, -0.1) is 0 Å². The van der Waals surface area contributed by atoms with Crippen molar-refractivity contribution in [3.05, 3.63) is 88.0 Å². The third kappa shape index (κ3) is 7.79. The Kier molecular flexibility index (Phi) is 9.54. The molecule has 0 aliphatic carbocycles. The zero-order valence-corrected chi connectivity index (χ0v) is 20.2. The van der Waals surface area contributed by atoms with Crippen LogP contribution < -0.4 is 24.4 Å². The maximum Gasteiger partial charge on any atom is 0.343 e. The number of hydrogen-bond donors (Lipinski definition) is 1. The Balaban J connectivity index is 1.56. The molecule has 3 aromatic rings. The molecule has 37 heavy (non-hydrogen) atoms. The minimum Gasteiger partial charge on any atom is -0.494 e. The van der Waals surface area contributed by atoms with Crippen molar-refractivity contribution in [1.82, 2.24) is 5.43 Å². The van der Waals surface area contributed by atoms with Crippen molar-refractivity contribution in [1.29, 1.82) is 0 Å². The van der Waals surface area contributed by atoms with Gasteiger partial charge in [0, 0.05) is 6.07 Å². The quantitative estimate of drug-likeness (QED) is 0.127. The summed E-state index contributed by atoms with van der Waals surface area (Å²) in [5.74, 6) is -0.0447. The molecule has 11 heteroatoms. The van der Waals surface area contributed by atoms with E-state index in [1.165, 1.54) is 37.6 Å². The topological polar surface area (TPSA) is 139 Å². The molecule has 0 aliphatic heterocycles. The maximum absolute atomic E-state index is 12.5. The van der Waals surface area contributed by atoms with Crippen LogP contribution in [-0.2, 0) is 4.79 Å². The summed E-state index contributed by atoms with van der Waals surface area (Å²) < 4.78 is 21.5. The van der Waals surface area contributed by atoms with Crippen LogP contribution in [0.4, 0.5) is 5.69 Å². The molecule has 0 aliphatic rings. The lowest BCUT2D eigenvalue weighted by Gasteiger charge is -2.10. The normalized spacial score (nSPS) is 10.5. The predicted molar refractivity (Wildman–Crippen MR) is 135 cm³/mol. The number of esters is 1. The van der Waals surface area contributed by atoms with Gasteiger partial charge in [-0.05, 0) is 60.5 Å². The number of hydrazone groups is 1. The Bertz CT molecular complexity index is 1280. The molecule has 0 aromatic heterocycles. The van der Waals surface area contributed by atoms with E-state index in [2.05, 4.69) is 10.5 Å². The molecule has 1 N–H and O–H groups in total. The number of methoxy groups -OCH3 is 1. The van der Waals surface area contributed by atoms with Crippen LogP contribution in [0, 0.1) is 10.1 Å². The molecule has 0 fully saturated rings. The smallest absolute Gasteiger partial charge is 0.343 e. The molecule has 0 unspecified atom stereocenters. The van der Waals surface area contributed by atoms with Gasteiger partial charge in [-0.1, -0.05) is 19.1 Å². The third-order valence-corrected chi connectivity index (χ3v) is 4.78. The number of nitro groups is 1. The largest absolute Gasteiger partial charge is 0.494 e. The van der Waals surface area contributed by atoms with E-state index in [1.807, 2.05) is 6.92 Å². The molecule has 192 valence electrons. The number of benzene rings is 3. The lowest BCUT2D eigenvalue weighted by Crippen LogP contribution is -2.24. The first-order chi connectivity index (χ1) is 17.9. The van der Waals surface area contributed by atoms with Crippen molar-refractivity contribution in [3.8, 4) is 23.0 Å². The fraction of sp³-hybridized carbons (Fsp3) is 0.192. The summed E-state index contributed by atoms with van der Waals surface area (Å²) in [6, 6.07) is 17.1. The number of hydrogen-bond acceptors (Lipinski definition) is 9. The van der Waals surface area contributed by atoms with Gasteiger partial charge in [0.15, 0.2) is 23.9 Å². The first-order valence-corrected chi connectivity index (χ1v) is 11.2. The average Bonchev–Trinajstić information content (AvgIpc) is 2.91. The second-order valence-corrected chi connectivity index (χ2v) is 7.48. The Labute approximate surface area is 212 Å². The molecule has 0 spiro atoms. The van der Waals surface area contributed by atoms with Gasteiger partial charge in [0.2, 0.25) is 0 Å². The SMILES string of the molecule is CCCOc1ccc(C(=O)Oc2ccc(C=NNC(=O)COc3ccccc3[N+](=O)[O-])cc2OC)cc1. The van der Waals surface area contributed by atoms with E-state index in [9.17, 15) is 19.7 Å². The van der Waals surface area contributed by atoms with Gasteiger partial charge in [0.1, 0.15) is 5.75 Å². The first-order valence-electron chi connectivity index (χ1n) is 11.2. The summed E-state index contributed by atoms with van der Waals surface area (Å²) in [5, 5.41) is 14.8. The fourth-order valence-corrected chi connectivity index (χ4v) is 3.00. The number of nitrogens with zero attached hydrogens (tertiary/aromatic N) is 2. The molecular formula is C26H25N3O8. The van der Waals surface area contributed by atoms with Gasteiger partial charge in [0.05, 0.1) is 30.4 Å². The highest BCUT2D eigenvalue weighted by molar-refractivity contribution is 5.92. The molecule has 3 aromatic carbocycles. The number of nitro benzene ring substituents is 1. The number of amides is 1. The molecule has 1 amide bonds. The van der Waals surface area contributed by atoms with E-state index in [1.54, 1.807) is 42.5 Å². The molecule has 0 heterocycles. The fourth-order valence-electron chi connectivity index (χ4n) is 3.00. The molecule has 0 saturated carbocycles. The van der Waals surface area contributed by atoms with Gasteiger partial charge < -0.3 is 18.9 Å². The molecule has 3 rings (SSSR count). The van der Waals surface area contributed by atoms with E-state index in [0.717, 1.165) is 6.42 Å². The van der Waals surface area contributed by atoms with Crippen molar-refractivity contribution in [2.45, 2.75) is 13.3 Å². The first kappa shape index (κ1) is 26.7. The number of ether oxygens (including phenoxy) is 4. The lowest BCUT2D eigenvalue weighted by molar-refractivity contribution is -0.385. The van der Waals surface area contributed by atoms with Crippen LogP contribution in [0.5, 0.6) is 23.0 Å². The minimum atomic E-state index is -0.613. The summed E-state index contributed by atoms with van der Waals surface area (Å²) >= 11 is 0. The molecular weight excluding hydrogens is 482 g/mol. The Morgan fingerprint density at radius 2 is 1.76 bits per heavy atom. The second-order valence-electron chi connectivity index (χ2n) is 7.48. The van der Waals surface area contributed by atoms with Crippen molar-refractivity contribution in [3.63, 3.8) is 0 Å². The van der Waals surface area contributed by atoms with Crippen molar-refractivity contribution in [2.24, 2.45) is 5.10 Å². The van der Waals surface area contributed by atoms with E-state index < -0.39 is 23.4 Å². The standard InChI is InChI=1S/C26H25N3O8/c1-3-14-35-20-11-9-19(10-12-20)26(31)37-23-13-8-18(15-24(23)34-2)16-27-28-25(30)17-36-22-7-5-4-6-21(22)29(32)33/h4-13,15-16H,3,14,17H2,1-2H3,(H,28,30). The number of para-hydroxylation sites is 2. The molecule has 0 radical (unpaired) electrons. The Morgan fingerprint density at radius 3 is 2.46 bits per heavy atom. The van der Waals surface area contributed by atoms with Crippen LogP contribution in [0.3, 0.4) is 0 Å². The van der Waals surface area contributed by atoms with Crippen LogP contribution in [0.1, 0.15) is 29.3 Å². The van der Waals surface area contributed by atoms with Crippen LogP contribution in [0.15, 0.2) is 71.8 Å². The van der Waals surface area contributed by atoms with Crippen molar-refractivity contribution >= 4 is 23.8 Å². The number of carbonyl (C=O) groups excluding carboxylic acids is 2. The molecule has 0 saturated heterocycles. The lowest BCUT2D eigenvalue weighted by atomic mass is 10.2. The molecule has 0 bridgehead atoms. The van der Waals surface area contributed by atoms with Crippen LogP contribution in [0.2, 0.25) is 0 Å². The van der Waals surface area contributed by atoms with Gasteiger partial charge in [-0.3, -0.25) is 14.9 Å². The summed E-state index contributed by atoms with van der Waals surface area (Å²) in [7, 11) is 1.43. The molecule has 11 nitrogen and oxygen atoms in total. The maximum atomic E-state index is 12.5. The summed E-state index contributed by atoms with van der Waals surface area (Å²) in [5.41, 5.74) is 2.93. The van der Waals surface area contributed by atoms with E-state index >= 15 is 0 Å². The Morgan fingerprint density at radius 1 is 1.00 bits per heavy atom. The van der Waals surface area contributed by atoms with Gasteiger partial charge in [0.25, 0.3) is 5.91 Å². The monoisotopic (exact) mass is 507 g/mol. The van der Waals surface area contributed by atoms with Crippen molar-refractivity contribution in [2.75, 3.05) is 20.3 Å². The highest BCUT2D eigenvalue weighted by atomic mass is 16.6. The summed E-state index contributed by atoms with van der Waals surface area (Å²) in [6.45, 7) is 2.13. The van der Waals surface area contributed by atoms with E-state index in [4.69, 9.17) is 18.9 Å². The zero-order chi connectivity index (χ0) is 26.6. The van der Waals surface area contributed by atoms with Gasteiger partial charge >= 0.3 is 11.7 Å². The highest BCUT2D eigenvalue weighted by Crippen LogP contribution is 2.29. The van der Waals surface area contributed by atoms with Crippen LogP contribution in [0.25, 0.3) is 0 Å². The van der Waals surface area contributed by atoms with Crippen LogP contribution >= 0.6 is 0 Å². The summed E-state index contributed by atoms with van der Waals surface area (Å²) in [4.78, 5) is 34.9. The van der Waals surface area contributed by atoms with Gasteiger partial charge in [-0.2, -0.15) is 5.10 Å². The summed E-state index contributed by atoms with van der Waals surface area (Å²) in [6.07, 6.45) is 2.23. The van der Waals surface area contributed by atoms with E-state index in [0.29, 0.717) is 23.5 Å². The van der Waals surface area contributed by atoms with Crippen LogP contribution in [-0.4, -0.2) is 43.3 Å². The predicted octanol–water partition coefficient (Wildman–Crippen LogP) is 4.14.